The fourth-order valence-electron chi connectivity index (χ4n) is 4.03. The van der Waals surface area contributed by atoms with Crippen molar-refractivity contribution in [2.45, 2.75) is 31.8 Å². The molecule has 2 atom stereocenters. The van der Waals surface area contributed by atoms with Crippen LogP contribution in [0.2, 0.25) is 0 Å². The molecule has 2 aromatic heterocycles. The number of aliphatic carboxylic acids is 1. The zero-order chi connectivity index (χ0) is 30.3. The maximum Gasteiger partial charge on any atom is 0.434 e. The minimum absolute atomic E-state index is 0.0285. The molecule has 2 N–H and O–H groups in total. The van der Waals surface area contributed by atoms with Crippen LogP contribution < -0.4 is 20.1 Å². The van der Waals surface area contributed by atoms with Gasteiger partial charge in [-0.1, -0.05) is 23.9 Å². The number of hydrogen-bond donors (Lipinski definition) is 2. The van der Waals surface area contributed by atoms with Gasteiger partial charge in [-0.15, -0.1) is 11.8 Å². The molecule has 2 aromatic rings. The Morgan fingerprint density at radius 1 is 1.29 bits per heavy atom. The van der Waals surface area contributed by atoms with E-state index >= 15 is 0 Å². The Balaban J connectivity index is 1.52. The summed E-state index contributed by atoms with van der Waals surface area (Å²) in [7, 11) is -3.73. The van der Waals surface area contributed by atoms with Crippen LogP contribution in [0.1, 0.15) is 19.7 Å². The lowest BCUT2D eigenvalue weighted by Crippen LogP contribution is -2.71. The molecule has 0 aliphatic carbocycles. The molecular weight excluding hydrogens is 609 g/mol. The van der Waals surface area contributed by atoms with Gasteiger partial charge in [0, 0.05) is 35.0 Å². The Kier molecular flexibility index (Phi) is 10.5. The number of nitrogens with zero attached hydrogens (tertiary/aromatic N) is 5. The van der Waals surface area contributed by atoms with E-state index in [1.54, 1.807) is 30.8 Å². The summed E-state index contributed by atoms with van der Waals surface area (Å²) in [6, 6.07) is 4.40. The molecule has 18 heteroatoms. The molecule has 2 amide bonds. The molecular formula is C24H28N7O8PS2. The van der Waals surface area contributed by atoms with Gasteiger partial charge in [-0.25, -0.2) is 9.13 Å². The van der Waals surface area contributed by atoms with Gasteiger partial charge in [-0.05, 0) is 13.8 Å². The number of carboxylic acids is 1. The van der Waals surface area contributed by atoms with Gasteiger partial charge in [0.05, 0.1) is 24.9 Å². The first kappa shape index (κ1) is 31.3. The molecule has 1 saturated heterocycles. The third-order valence-corrected chi connectivity index (χ3v) is 9.51. The van der Waals surface area contributed by atoms with Gasteiger partial charge in [0.1, 0.15) is 18.0 Å². The molecule has 0 saturated carbocycles. The van der Waals surface area contributed by atoms with Gasteiger partial charge in [0.2, 0.25) is 16.7 Å². The summed E-state index contributed by atoms with van der Waals surface area (Å²) in [5, 5.41) is 20.4. The Bertz CT molecular complexity index is 1440. The standard InChI is InChI=1S/C24H28N7O8PS2/c1-4-12-37-27-16(19-26-24(42-29-19)28-40(36,38-5-2)39-6-3)20(32)25-17-21(33)31-18(23(34)35)15(14-41-22(17)31)13-30-10-8-7-9-11-30/h4,7-11,17,22H,1,5-6,12-14H2,2-3H3,(H2-,25,26,28,29,32,34,35,36)/t17?,22-/m0/s1. The minimum Gasteiger partial charge on any atom is -0.543 e. The Labute approximate surface area is 249 Å². The number of anilines is 1. The summed E-state index contributed by atoms with van der Waals surface area (Å²) in [6.07, 6.45) is 4.98. The molecule has 224 valence electrons. The smallest absolute Gasteiger partial charge is 0.434 e. The van der Waals surface area contributed by atoms with E-state index in [2.05, 4.69) is 31.5 Å². The maximum absolute atomic E-state index is 13.3. The molecule has 4 heterocycles. The third kappa shape index (κ3) is 7.04. The molecule has 0 spiro atoms. The molecule has 1 unspecified atom stereocenters. The van der Waals surface area contributed by atoms with Crippen LogP contribution in [-0.2, 0) is 39.4 Å². The zero-order valence-electron chi connectivity index (χ0n) is 22.6. The number of carbonyl (C=O) groups is 3. The highest BCUT2D eigenvalue weighted by atomic mass is 32.2. The molecule has 2 aliphatic heterocycles. The van der Waals surface area contributed by atoms with Crippen molar-refractivity contribution in [2.75, 3.05) is 30.7 Å². The fourth-order valence-corrected chi connectivity index (χ4v) is 7.45. The number of carbonyl (C=O) groups excluding carboxylic acids is 3. The lowest BCUT2D eigenvalue weighted by atomic mass is 10.0. The number of hydrogen-bond acceptors (Lipinski definition) is 13. The highest BCUT2D eigenvalue weighted by Crippen LogP contribution is 2.48. The number of amides is 2. The van der Waals surface area contributed by atoms with Gasteiger partial charge in [-0.3, -0.25) is 28.6 Å². The van der Waals surface area contributed by atoms with Crippen LogP contribution in [0.4, 0.5) is 5.13 Å². The van der Waals surface area contributed by atoms with Crippen LogP contribution in [0.15, 0.2) is 59.7 Å². The number of aromatic nitrogens is 3. The number of rotatable bonds is 15. The maximum atomic E-state index is 13.3. The second-order valence-corrected chi connectivity index (χ2v) is 12.1. The van der Waals surface area contributed by atoms with Crippen LogP contribution in [-0.4, -0.2) is 74.7 Å². The van der Waals surface area contributed by atoms with Gasteiger partial charge < -0.3 is 20.1 Å². The number of fused-ring (bicyclic) bond motifs is 1. The van der Waals surface area contributed by atoms with E-state index in [1.807, 2.05) is 18.2 Å². The number of oxime groups is 1. The van der Waals surface area contributed by atoms with Gasteiger partial charge in [0.15, 0.2) is 18.9 Å². The zero-order valence-corrected chi connectivity index (χ0v) is 25.2. The molecule has 0 radical (unpaired) electrons. The summed E-state index contributed by atoms with van der Waals surface area (Å²) in [5.74, 6) is -2.82. The predicted octanol–water partition coefficient (Wildman–Crippen LogP) is 0.429. The van der Waals surface area contributed by atoms with E-state index in [1.165, 1.54) is 17.8 Å². The van der Waals surface area contributed by atoms with E-state index in [9.17, 15) is 24.1 Å². The van der Waals surface area contributed by atoms with Crippen LogP contribution in [0.25, 0.3) is 0 Å². The van der Waals surface area contributed by atoms with Crippen molar-refractivity contribution in [3.05, 3.63) is 60.3 Å². The summed E-state index contributed by atoms with van der Waals surface area (Å²) in [4.78, 5) is 48.9. The number of carboxylic acid groups (broad SMARTS) is 1. The molecule has 1 fully saturated rings. The Hall–Kier alpha value is -3.63. The van der Waals surface area contributed by atoms with Crippen molar-refractivity contribution in [1.29, 1.82) is 0 Å². The minimum atomic E-state index is -3.73. The average molecular weight is 638 g/mol. The van der Waals surface area contributed by atoms with E-state index in [4.69, 9.17) is 13.9 Å². The average Bonchev–Trinajstić information content (AvgIpc) is 3.41. The van der Waals surface area contributed by atoms with Crippen molar-refractivity contribution >= 4 is 59.7 Å². The molecule has 42 heavy (non-hydrogen) atoms. The molecule has 0 bridgehead atoms. The summed E-state index contributed by atoms with van der Waals surface area (Å²) < 4.78 is 29.1. The summed E-state index contributed by atoms with van der Waals surface area (Å²) >= 11 is 2.08. The normalized spacial score (nSPS) is 18.7. The van der Waals surface area contributed by atoms with Gasteiger partial charge >= 0.3 is 7.75 Å². The number of pyridine rings is 1. The number of nitrogens with one attached hydrogen (secondary N) is 2. The van der Waals surface area contributed by atoms with Crippen molar-refractivity contribution in [3.8, 4) is 0 Å². The van der Waals surface area contributed by atoms with Crippen molar-refractivity contribution in [2.24, 2.45) is 5.16 Å². The van der Waals surface area contributed by atoms with Gasteiger partial charge in [0.25, 0.3) is 11.8 Å². The molecule has 15 nitrogen and oxygen atoms in total. The lowest BCUT2D eigenvalue weighted by molar-refractivity contribution is -0.689. The van der Waals surface area contributed by atoms with Crippen LogP contribution in [0.3, 0.4) is 0 Å². The van der Waals surface area contributed by atoms with Crippen LogP contribution in [0, 0.1) is 0 Å². The van der Waals surface area contributed by atoms with E-state index < -0.39 is 36.9 Å². The van der Waals surface area contributed by atoms with Crippen molar-refractivity contribution in [3.63, 3.8) is 0 Å². The van der Waals surface area contributed by atoms with E-state index in [-0.39, 0.29) is 48.7 Å². The summed E-state index contributed by atoms with van der Waals surface area (Å²) in [6.45, 7) is 7.25. The molecule has 2 aliphatic rings. The Morgan fingerprint density at radius 3 is 2.64 bits per heavy atom. The first-order valence-corrected chi connectivity index (χ1v) is 16.0. The van der Waals surface area contributed by atoms with Gasteiger partial charge in [-0.2, -0.15) is 9.36 Å². The first-order chi connectivity index (χ1) is 20.2. The fraction of sp³-hybridized carbons (Fsp3) is 0.375. The van der Waals surface area contributed by atoms with E-state index in [0.29, 0.717) is 11.3 Å². The molecule has 4 rings (SSSR count). The third-order valence-electron chi connectivity index (χ3n) is 5.71. The topological polar surface area (TPSA) is 188 Å². The van der Waals surface area contributed by atoms with E-state index in [0.717, 1.165) is 16.4 Å². The second kappa shape index (κ2) is 14.0. The van der Waals surface area contributed by atoms with Crippen molar-refractivity contribution < 1.29 is 42.5 Å². The Morgan fingerprint density at radius 2 is 2.00 bits per heavy atom. The number of β-lactam (4-membered cyclic amide) rings is 1. The number of thioether (sulfide) groups is 1. The second-order valence-electron chi connectivity index (χ2n) is 8.54. The summed E-state index contributed by atoms with van der Waals surface area (Å²) in [5.41, 5.74) is -0.0693. The van der Waals surface area contributed by atoms with Crippen LogP contribution in [0.5, 0.6) is 0 Å². The lowest BCUT2D eigenvalue weighted by Gasteiger charge is -2.50. The quantitative estimate of drug-likeness (QED) is 0.0522. The van der Waals surface area contributed by atoms with Crippen molar-refractivity contribution in [1.82, 2.24) is 19.6 Å². The first-order valence-electron chi connectivity index (χ1n) is 12.7. The highest BCUT2D eigenvalue weighted by molar-refractivity contribution is 8.00. The van der Waals surface area contributed by atoms with Crippen LogP contribution >= 0.6 is 31.0 Å². The molecule has 0 aromatic carbocycles. The largest absolute Gasteiger partial charge is 0.543 e. The SMILES string of the molecule is C=CCON=C(C(=O)NC1C(=O)N2C(C(=O)[O-])=C(C[n+]3ccccc3)CS[C@@H]12)c1nsc(NP(=O)(OCC)OCC)n1. The highest BCUT2D eigenvalue weighted by Gasteiger charge is 2.53. The monoisotopic (exact) mass is 637 g/mol. The predicted molar refractivity (Wildman–Crippen MR) is 151 cm³/mol.